The SMILES string of the molecule is Cc1cc(C)c(O)c(C(=O)O)c1.Cc1cc(C)c(O)c(C(=O)O)c1.OB(O)O. The first-order chi connectivity index (χ1) is 12.8. The maximum atomic E-state index is 10.6. The Morgan fingerprint density at radius 1 is 0.679 bits per heavy atom. The van der Waals surface area contributed by atoms with Gasteiger partial charge >= 0.3 is 19.3 Å². The summed E-state index contributed by atoms with van der Waals surface area (Å²) in [5, 5.41) is 57.4. The van der Waals surface area contributed by atoms with Gasteiger partial charge in [-0.05, 0) is 62.1 Å². The van der Waals surface area contributed by atoms with E-state index < -0.39 is 19.3 Å². The van der Waals surface area contributed by atoms with Gasteiger partial charge in [0, 0.05) is 0 Å². The van der Waals surface area contributed by atoms with E-state index in [4.69, 9.17) is 25.3 Å². The highest BCUT2D eigenvalue weighted by Crippen LogP contribution is 2.24. The van der Waals surface area contributed by atoms with E-state index in [1.165, 1.54) is 12.1 Å². The number of benzene rings is 2. The Morgan fingerprint density at radius 3 is 1.14 bits per heavy atom. The van der Waals surface area contributed by atoms with Gasteiger partial charge in [-0.1, -0.05) is 12.1 Å². The number of phenols is 2. The largest absolute Gasteiger partial charge is 0.631 e. The Morgan fingerprint density at radius 2 is 0.929 bits per heavy atom. The second-order valence-electron chi connectivity index (χ2n) is 5.91. The lowest BCUT2D eigenvalue weighted by Gasteiger charge is -2.04. The molecule has 0 atom stereocenters. The molecule has 9 nitrogen and oxygen atoms in total. The lowest BCUT2D eigenvalue weighted by molar-refractivity contribution is 0.0682. The number of rotatable bonds is 2. The predicted molar refractivity (Wildman–Crippen MR) is 101 cm³/mol. The van der Waals surface area contributed by atoms with Gasteiger partial charge in [-0.2, -0.15) is 0 Å². The Bertz CT molecular complexity index is 777. The Hall–Kier alpha value is -3.08. The number of aromatic hydroxyl groups is 2. The Labute approximate surface area is 161 Å². The molecule has 2 rings (SSSR count). The maximum absolute atomic E-state index is 10.6. The Kier molecular flexibility index (Phi) is 9.73. The molecule has 0 aliphatic carbocycles. The molecule has 2 aromatic rings. The van der Waals surface area contributed by atoms with E-state index in [9.17, 15) is 19.8 Å². The van der Waals surface area contributed by atoms with Crippen LogP contribution in [0.2, 0.25) is 0 Å². The summed E-state index contributed by atoms with van der Waals surface area (Å²) in [7, 11) is -2.17. The number of aromatic carboxylic acids is 2. The molecule has 10 heteroatoms. The number of hydrogen-bond acceptors (Lipinski definition) is 7. The third kappa shape index (κ3) is 8.08. The lowest BCUT2D eigenvalue weighted by Crippen LogP contribution is -2.07. The molecule has 0 heterocycles. The van der Waals surface area contributed by atoms with Crippen LogP contribution in [0.3, 0.4) is 0 Å². The molecule has 0 radical (unpaired) electrons. The minimum Gasteiger partial charge on any atom is -0.507 e. The zero-order valence-electron chi connectivity index (χ0n) is 15.8. The molecule has 0 spiro atoms. The fourth-order valence-corrected chi connectivity index (χ4v) is 2.25. The molecule has 0 amide bonds. The Balaban J connectivity index is 0.000000439. The molecular formula is C18H23BO9. The van der Waals surface area contributed by atoms with Crippen molar-refractivity contribution in [2.24, 2.45) is 0 Å². The monoisotopic (exact) mass is 394 g/mol. The average molecular weight is 394 g/mol. The van der Waals surface area contributed by atoms with Gasteiger partial charge in [0.25, 0.3) is 0 Å². The maximum Gasteiger partial charge on any atom is 0.631 e. The van der Waals surface area contributed by atoms with Crippen LogP contribution in [-0.4, -0.2) is 54.8 Å². The number of carboxylic acid groups (broad SMARTS) is 2. The standard InChI is InChI=1S/2C9H10O3.BH3O3/c2*1-5-3-6(2)8(10)7(4-5)9(11)12;2-1(3)4/h2*3-4,10H,1-2H3,(H,11,12);2-4H. The van der Waals surface area contributed by atoms with Crippen molar-refractivity contribution in [1.29, 1.82) is 0 Å². The summed E-state index contributed by atoms with van der Waals surface area (Å²) in [6.45, 7) is 6.93. The molecule has 7 N–H and O–H groups in total. The summed E-state index contributed by atoms with van der Waals surface area (Å²) < 4.78 is 0. The summed E-state index contributed by atoms with van der Waals surface area (Å²) in [5.41, 5.74) is 2.78. The van der Waals surface area contributed by atoms with Gasteiger partial charge < -0.3 is 35.5 Å². The highest BCUT2D eigenvalue weighted by molar-refractivity contribution is 6.30. The van der Waals surface area contributed by atoms with E-state index in [0.717, 1.165) is 11.1 Å². The summed E-state index contributed by atoms with van der Waals surface area (Å²) in [6, 6.07) is 6.37. The van der Waals surface area contributed by atoms with Crippen molar-refractivity contribution in [2.45, 2.75) is 27.7 Å². The van der Waals surface area contributed by atoms with Crippen molar-refractivity contribution >= 4 is 19.3 Å². The molecule has 0 aromatic heterocycles. The first-order valence-electron chi connectivity index (χ1n) is 7.89. The number of carboxylic acids is 2. The van der Waals surface area contributed by atoms with Crippen LogP contribution in [0.4, 0.5) is 0 Å². The second-order valence-corrected chi connectivity index (χ2v) is 5.91. The van der Waals surface area contributed by atoms with Crippen LogP contribution in [0.25, 0.3) is 0 Å². The van der Waals surface area contributed by atoms with Crippen LogP contribution in [-0.2, 0) is 0 Å². The van der Waals surface area contributed by atoms with E-state index >= 15 is 0 Å². The third-order valence-electron chi connectivity index (χ3n) is 3.35. The smallest absolute Gasteiger partial charge is 0.507 e. The van der Waals surface area contributed by atoms with Crippen LogP contribution >= 0.6 is 0 Å². The van der Waals surface area contributed by atoms with Crippen LogP contribution in [0.1, 0.15) is 43.0 Å². The van der Waals surface area contributed by atoms with Crippen LogP contribution in [0, 0.1) is 27.7 Å². The second kappa shape index (κ2) is 10.9. The topological polar surface area (TPSA) is 176 Å². The molecule has 0 saturated carbocycles. The van der Waals surface area contributed by atoms with Crippen molar-refractivity contribution < 1.29 is 45.1 Å². The summed E-state index contributed by atoms with van der Waals surface area (Å²) in [6.07, 6.45) is 0. The molecular weight excluding hydrogens is 371 g/mol. The molecule has 0 fully saturated rings. The molecule has 0 aliphatic rings. The fraction of sp³-hybridized carbons (Fsp3) is 0.222. The molecule has 0 unspecified atom stereocenters. The van der Waals surface area contributed by atoms with Crippen molar-refractivity contribution in [3.63, 3.8) is 0 Å². The zero-order chi connectivity index (χ0) is 22.2. The third-order valence-corrected chi connectivity index (χ3v) is 3.35. The molecule has 0 aliphatic heterocycles. The van der Waals surface area contributed by atoms with Crippen LogP contribution in [0.5, 0.6) is 11.5 Å². The molecule has 2 aromatic carbocycles. The van der Waals surface area contributed by atoms with Gasteiger partial charge in [0.15, 0.2) is 0 Å². The number of hydrogen-bond donors (Lipinski definition) is 7. The van der Waals surface area contributed by atoms with E-state index in [1.807, 2.05) is 0 Å². The van der Waals surface area contributed by atoms with Gasteiger partial charge in [0.1, 0.15) is 22.6 Å². The van der Waals surface area contributed by atoms with E-state index in [2.05, 4.69) is 0 Å². The zero-order valence-corrected chi connectivity index (χ0v) is 15.8. The summed E-state index contributed by atoms with van der Waals surface area (Å²) in [4.78, 5) is 21.1. The van der Waals surface area contributed by atoms with Crippen molar-refractivity contribution in [3.05, 3.63) is 57.6 Å². The van der Waals surface area contributed by atoms with Crippen molar-refractivity contribution in [3.8, 4) is 11.5 Å². The number of carbonyl (C=O) groups is 2. The normalized spacial score (nSPS) is 9.39. The molecule has 28 heavy (non-hydrogen) atoms. The van der Waals surface area contributed by atoms with Crippen LogP contribution < -0.4 is 0 Å². The predicted octanol–water partition coefficient (Wildman–Crippen LogP) is 1.36. The quantitative estimate of drug-likeness (QED) is 0.371. The van der Waals surface area contributed by atoms with E-state index in [-0.39, 0.29) is 22.6 Å². The average Bonchev–Trinajstić information content (AvgIpc) is 2.53. The molecule has 0 bridgehead atoms. The van der Waals surface area contributed by atoms with Gasteiger partial charge in [0.05, 0.1) is 0 Å². The van der Waals surface area contributed by atoms with E-state index in [1.54, 1.807) is 39.8 Å². The molecule has 0 saturated heterocycles. The van der Waals surface area contributed by atoms with E-state index in [0.29, 0.717) is 11.1 Å². The minimum atomic E-state index is -2.17. The van der Waals surface area contributed by atoms with Crippen LogP contribution in [0.15, 0.2) is 24.3 Å². The minimum absolute atomic E-state index is 0.0347. The van der Waals surface area contributed by atoms with Gasteiger partial charge in [-0.25, -0.2) is 9.59 Å². The lowest BCUT2D eigenvalue weighted by atomic mass is 10.1. The van der Waals surface area contributed by atoms with Gasteiger partial charge in [0.2, 0.25) is 0 Å². The highest BCUT2D eigenvalue weighted by Gasteiger charge is 2.12. The molecule has 152 valence electrons. The van der Waals surface area contributed by atoms with Crippen molar-refractivity contribution in [2.75, 3.05) is 0 Å². The first-order valence-corrected chi connectivity index (χ1v) is 7.89. The summed E-state index contributed by atoms with van der Waals surface area (Å²) >= 11 is 0. The van der Waals surface area contributed by atoms with Gasteiger partial charge in [-0.15, -0.1) is 0 Å². The first kappa shape index (κ1) is 24.9. The summed E-state index contributed by atoms with van der Waals surface area (Å²) in [5.74, 6) is -2.49. The van der Waals surface area contributed by atoms with Gasteiger partial charge in [-0.3, -0.25) is 0 Å². The van der Waals surface area contributed by atoms with Crippen molar-refractivity contribution in [1.82, 2.24) is 0 Å². The number of aryl methyl sites for hydroxylation is 4. The highest BCUT2D eigenvalue weighted by atomic mass is 16.5. The fourth-order valence-electron chi connectivity index (χ4n) is 2.25.